The molecule has 2 aliphatic heterocycles. The van der Waals surface area contributed by atoms with Crippen LogP contribution in [-0.4, -0.2) is 53.8 Å². The number of aryl methyl sites for hydroxylation is 1. The van der Waals surface area contributed by atoms with E-state index in [4.69, 9.17) is 0 Å². The van der Waals surface area contributed by atoms with Crippen LogP contribution in [0, 0.1) is 6.92 Å². The second-order valence-corrected chi connectivity index (χ2v) is 7.01. The molecule has 3 rings (SSSR count). The van der Waals surface area contributed by atoms with Gasteiger partial charge in [0, 0.05) is 32.6 Å². The van der Waals surface area contributed by atoms with Gasteiger partial charge in [0.05, 0.1) is 0 Å². The molecule has 5 nitrogen and oxygen atoms in total. The molecule has 0 unspecified atom stereocenters. The molecule has 0 aliphatic carbocycles. The number of benzene rings is 1. The lowest BCUT2D eigenvalue weighted by atomic mass is 10.0. The molecule has 0 aromatic heterocycles. The average molecular weight is 341 g/mol. The number of hydrogen-bond acceptors (Lipinski definition) is 3. The minimum absolute atomic E-state index is 0.0420. The van der Waals surface area contributed by atoms with Crippen molar-refractivity contribution in [3.63, 3.8) is 0 Å². The number of nitrogens with zero attached hydrogens (tertiary/aromatic N) is 2. The first-order chi connectivity index (χ1) is 12.0. The number of piperazine rings is 1. The van der Waals surface area contributed by atoms with Gasteiger partial charge in [-0.15, -0.1) is 0 Å². The van der Waals surface area contributed by atoms with Gasteiger partial charge in [-0.2, -0.15) is 0 Å². The fourth-order valence-corrected chi connectivity index (χ4v) is 3.58. The van der Waals surface area contributed by atoms with Crippen molar-refractivity contribution >= 4 is 11.8 Å². The second-order valence-electron chi connectivity index (χ2n) is 7.01. The summed E-state index contributed by atoms with van der Waals surface area (Å²) in [5, 5.41) is 3.25. The van der Waals surface area contributed by atoms with E-state index in [1.54, 1.807) is 4.90 Å². The highest BCUT2D eigenvalue weighted by Crippen LogP contribution is 2.19. The minimum atomic E-state index is -0.381. The van der Waals surface area contributed by atoms with Crippen molar-refractivity contribution < 1.29 is 9.59 Å². The fourth-order valence-electron chi connectivity index (χ4n) is 3.58. The monoisotopic (exact) mass is 341 g/mol. The largest absolute Gasteiger partial charge is 0.335 e. The number of amides is 2. The molecule has 2 heterocycles. The van der Waals surface area contributed by atoms with Crippen LogP contribution in [0.15, 0.2) is 35.9 Å². The van der Waals surface area contributed by atoms with Gasteiger partial charge < -0.3 is 15.1 Å². The third-order valence-corrected chi connectivity index (χ3v) is 5.06. The molecule has 1 saturated heterocycles. The Kier molecular flexibility index (Phi) is 5.53. The molecule has 25 heavy (non-hydrogen) atoms. The summed E-state index contributed by atoms with van der Waals surface area (Å²) in [5.41, 5.74) is 3.52. The maximum absolute atomic E-state index is 12.7. The standard InChI is InChI=1S/C20H27N3O2/c1-15-4-3-5-18(12-15)14-22-10-11-23(16(2)20(22)25)19(24)13-17-6-8-21-9-7-17/h3-6,12,16,21H,7-11,13-14H2,1-2H3/t16-/m0/s1. The third kappa shape index (κ3) is 4.28. The first-order valence-electron chi connectivity index (χ1n) is 9.07. The summed E-state index contributed by atoms with van der Waals surface area (Å²) in [6.45, 7) is 7.49. The molecule has 1 aromatic carbocycles. The van der Waals surface area contributed by atoms with Crippen molar-refractivity contribution in [1.29, 1.82) is 0 Å². The molecule has 2 amide bonds. The normalized spacial score (nSPS) is 21.3. The topological polar surface area (TPSA) is 52.6 Å². The molecule has 2 aliphatic rings. The highest BCUT2D eigenvalue weighted by Gasteiger charge is 2.34. The van der Waals surface area contributed by atoms with E-state index < -0.39 is 0 Å². The number of rotatable bonds is 4. The van der Waals surface area contributed by atoms with Crippen molar-refractivity contribution in [3.8, 4) is 0 Å². The summed E-state index contributed by atoms with van der Waals surface area (Å²) in [5.74, 6) is 0.115. The highest BCUT2D eigenvalue weighted by atomic mass is 16.2. The van der Waals surface area contributed by atoms with Crippen LogP contribution in [0.4, 0.5) is 0 Å². The Bertz CT molecular complexity index is 683. The SMILES string of the molecule is Cc1cccc(CN2CCN(C(=O)CC3=CCNCC3)[C@@H](C)C2=O)c1. The smallest absolute Gasteiger partial charge is 0.245 e. The summed E-state index contributed by atoms with van der Waals surface area (Å²) in [7, 11) is 0. The predicted octanol–water partition coefficient (Wildman–Crippen LogP) is 1.86. The van der Waals surface area contributed by atoms with Crippen LogP contribution in [0.1, 0.15) is 30.9 Å². The Morgan fingerprint density at radius 2 is 2.16 bits per heavy atom. The first-order valence-corrected chi connectivity index (χ1v) is 9.07. The van der Waals surface area contributed by atoms with Gasteiger partial charge >= 0.3 is 0 Å². The molecule has 1 fully saturated rings. The van der Waals surface area contributed by atoms with Crippen molar-refractivity contribution in [2.75, 3.05) is 26.2 Å². The Labute approximate surface area is 149 Å². The molecule has 134 valence electrons. The lowest BCUT2D eigenvalue weighted by Crippen LogP contribution is -2.57. The molecular weight excluding hydrogens is 314 g/mol. The van der Waals surface area contributed by atoms with E-state index in [0.29, 0.717) is 26.1 Å². The third-order valence-electron chi connectivity index (χ3n) is 5.06. The lowest BCUT2D eigenvalue weighted by molar-refractivity contribution is -0.150. The molecule has 0 radical (unpaired) electrons. The van der Waals surface area contributed by atoms with Crippen LogP contribution in [0.5, 0.6) is 0 Å². The van der Waals surface area contributed by atoms with Crippen molar-refractivity contribution in [2.45, 2.75) is 39.3 Å². The zero-order valence-electron chi connectivity index (χ0n) is 15.1. The van der Waals surface area contributed by atoms with Crippen LogP contribution in [-0.2, 0) is 16.1 Å². The van der Waals surface area contributed by atoms with Crippen molar-refractivity contribution in [3.05, 3.63) is 47.0 Å². The van der Waals surface area contributed by atoms with E-state index in [9.17, 15) is 9.59 Å². The fraction of sp³-hybridized carbons (Fsp3) is 0.500. The van der Waals surface area contributed by atoms with E-state index in [1.807, 2.05) is 24.0 Å². The van der Waals surface area contributed by atoms with E-state index >= 15 is 0 Å². The molecule has 0 saturated carbocycles. The minimum Gasteiger partial charge on any atom is -0.335 e. The number of carbonyl (C=O) groups excluding carboxylic acids is 2. The summed E-state index contributed by atoms with van der Waals surface area (Å²) in [6.07, 6.45) is 3.46. The molecule has 0 bridgehead atoms. The quantitative estimate of drug-likeness (QED) is 0.851. The lowest BCUT2D eigenvalue weighted by Gasteiger charge is -2.39. The highest BCUT2D eigenvalue weighted by molar-refractivity contribution is 5.89. The maximum Gasteiger partial charge on any atom is 0.245 e. The van der Waals surface area contributed by atoms with Gasteiger partial charge in [-0.25, -0.2) is 0 Å². The van der Waals surface area contributed by atoms with Crippen LogP contribution >= 0.6 is 0 Å². The first kappa shape index (κ1) is 17.7. The van der Waals surface area contributed by atoms with Gasteiger partial charge in [-0.05, 0) is 32.4 Å². The van der Waals surface area contributed by atoms with Gasteiger partial charge in [0.2, 0.25) is 11.8 Å². The molecule has 5 heteroatoms. The Morgan fingerprint density at radius 3 is 2.88 bits per heavy atom. The molecule has 1 N–H and O–H groups in total. The van der Waals surface area contributed by atoms with Gasteiger partial charge in [-0.1, -0.05) is 41.5 Å². The van der Waals surface area contributed by atoms with E-state index in [0.717, 1.165) is 25.1 Å². The summed E-state index contributed by atoms with van der Waals surface area (Å²) < 4.78 is 0. The molecule has 1 aromatic rings. The van der Waals surface area contributed by atoms with Crippen LogP contribution in [0.3, 0.4) is 0 Å². The second kappa shape index (κ2) is 7.83. The average Bonchev–Trinajstić information content (AvgIpc) is 2.60. The van der Waals surface area contributed by atoms with Crippen LogP contribution in [0.2, 0.25) is 0 Å². The van der Waals surface area contributed by atoms with Gasteiger partial charge in [0.25, 0.3) is 0 Å². The predicted molar refractivity (Wildman–Crippen MR) is 98.0 cm³/mol. The van der Waals surface area contributed by atoms with Crippen LogP contribution < -0.4 is 5.32 Å². The van der Waals surface area contributed by atoms with E-state index in [-0.39, 0.29) is 17.9 Å². The van der Waals surface area contributed by atoms with E-state index in [2.05, 4.69) is 30.4 Å². The van der Waals surface area contributed by atoms with E-state index in [1.165, 1.54) is 11.1 Å². The summed E-state index contributed by atoms with van der Waals surface area (Å²) >= 11 is 0. The zero-order chi connectivity index (χ0) is 17.8. The summed E-state index contributed by atoms with van der Waals surface area (Å²) in [4.78, 5) is 29.0. The van der Waals surface area contributed by atoms with Gasteiger partial charge in [-0.3, -0.25) is 9.59 Å². The number of carbonyl (C=O) groups is 2. The van der Waals surface area contributed by atoms with Crippen molar-refractivity contribution in [2.24, 2.45) is 0 Å². The van der Waals surface area contributed by atoms with Gasteiger partial charge in [0.1, 0.15) is 6.04 Å². The Morgan fingerprint density at radius 1 is 1.32 bits per heavy atom. The number of nitrogens with one attached hydrogen (secondary N) is 1. The van der Waals surface area contributed by atoms with Gasteiger partial charge in [0.15, 0.2) is 0 Å². The molecule has 1 atom stereocenters. The molecule has 0 spiro atoms. The van der Waals surface area contributed by atoms with Crippen molar-refractivity contribution in [1.82, 2.24) is 15.1 Å². The zero-order valence-corrected chi connectivity index (χ0v) is 15.1. The Balaban J connectivity index is 1.60. The summed E-state index contributed by atoms with van der Waals surface area (Å²) in [6, 6.07) is 7.85. The van der Waals surface area contributed by atoms with Crippen LogP contribution in [0.25, 0.3) is 0 Å². The number of hydrogen-bond donors (Lipinski definition) is 1. The maximum atomic E-state index is 12.7. The Hall–Kier alpha value is -2.14. The molecular formula is C20H27N3O2.